The van der Waals surface area contributed by atoms with E-state index in [0.717, 1.165) is 11.3 Å². The summed E-state index contributed by atoms with van der Waals surface area (Å²) in [5, 5.41) is 7.00. The van der Waals surface area contributed by atoms with E-state index >= 15 is 0 Å². The summed E-state index contributed by atoms with van der Waals surface area (Å²) < 4.78 is 26.5. The topological polar surface area (TPSA) is 52.2 Å². The zero-order valence-corrected chi connectivity index (χ0v) is 15.5. The third-order valence-electron chi connectivity index (χ3n) is 5.02. The third-order valence-corrected chi connectivity index (χ3v) is 5.02. The number of hydrogen-bond donors (Lipinski definition) is 1. The number of anilines is 1. The summed E-state index contributed by atoms with van der Waals surface area (Å²) in [5.41, 5.74) is 3.26. The summed E-state index contributed by atoms with van der Waals surface area (Å²) in [7, 11) is 0. The van der Waals surface area contributed by atoms with Gasteiger partial charge < -0.3 is 9.80 Å². The van der Waals surface area contributed by atoms with E-state index < -0.39 is 0 Å². The lowest BCUT2D eigenvalue weighted by molar-refractivity contribution is 0.0741. The van der Waals surface area contributed by atoms with Crippen LogP contribution in [0.25, 0.3) is 11.3 Å². The van der Waals surface area contributed by atoms with Gasteiger partial charge in [0.05, 0.1) is 5.69 Å². The van der Waals surface area contributed by atoms with E-state index in [4.69, 9.17) is 0 Å². The Morgan fingerprint density at radius 1 is 1.00 bits per heavy atom. The highest BCUT2D eigenvalue weighted by Gasteiger charge is 2.24. The second-order valence-corrected chi connectivity index (χ2v) is 6.89. The molecule has 1 aliphatic rings. The van der Waals surface area contributed by atoms with Gasteiger partial charge in [-0.25, -0.2) is 8.78 Å². The van der Waals surface area contributed by atoms with Gasteiger partial charge in [-0.1, -0.05) is 0 Å². The molecule has 0 radical (unpaired) electrons. The molecule has 4 rings (SSSR count). The molecule has 1 aliphatic heterocycles. The molecule has 0 atom stereocenters. The van der Waals surface area contributed by atoms with Gasteiger partial charge >= 0.3 is 0 Å². The van der Waals surface area contributed by atoms with Gasteiger partial charge in [0, 0.05) is 37.4 Å². The molecule has 0 aliphatic carbocycles. The Morgan fingerprint density at radius 3 is 2.39 bits per heavy atom. The van der Waals surface area contributed by atoms with E-state index in [-0.39, 0.29) is 17.5 Å². The fourth-order valence-electron chi connectivity index (χ4n) is 3.37. The minimum absolute atomic E-state index is 0.115. The quantitative estimate of drug-likeness (QED) is 0.753. The van der Waals surface area contributed by atoms with Crippen LogP contribution in [0.4, 0.5) is 14.5 Å². The number of nitrogens with zero attached hydrogens (tertiary/aromatic N) is 3. The number of amides is 1. The van der Waals surface area contributed by atoms with Crippen LogP contribution in [0.15, 0.2) is 48.5 Å². The fourth-order valence-corrected chi connectivity index (χ4v) is 3.37. The van der Waals surface area contributed by atoms with E-state index in [1.165, 1.54) is 18.2 Å². The molecule has 1 N–H and O–H groups in total. The van der Waals surface area contributed by atoms with Crippen LogP contribution >= 0.6 is 0 Å². The Bertz CT molecular complexity index is 992. The summed E-state index contributed by atoms with van der Waals surface area (Å²) in [6.07, 6.45) is 0. The van der Waals surface area contributed by atoms with Crippen molar-refractivity contribution >= 4 is 11.6 Å². The molecule has 2 aromatic carbocycles. The van der Waals surface area contributed by atoms with Crippen molar-refractivity contribution in [2.24, 2.45) is 0 Å². The van der Waals surface area contributed by atoms with E-state index in [9.17, 15) is 13.6 Å². The number of H-pyrrole nitrogens is 1. The van der Waals surface area contributed by atoms with Crippen LogP contribution in [0.3, 0.4) is 0 Å². The number of piperazine rings is 1. The Labute approximate surface area is 161 Å². The summed E-state index contributed by atoms with van der Waals surface area (Å²) in [5.74, 6) is -0.644. The molecule has 144 valence electrons. The molecule has 1 aromatic heterocycles. The zero-order chi connectivity index (χ0) is 19.7. The van der Waals surface area contributed by atoms with Crippen molar-refractivity contribution in [2.75, 3.05) is 31.1 Å². The number of aromatic nitrogens is 2. The van der Waals surface area contributed by atoms with Crippen LogP contribution in [0.5, 0.6) is 0 Å². The maximum Gasteiger partial charge on any atom is 0.272 e. The second kappa shape index (κ2) is 7.42. The average molecular weight is 382 g/mol. The molecule has 0 saturated carbocycles. The number of hydrogen-bond acceptors (Lipinski definition) is 3. The minimum atomic E-state index is -0.269. The number of carbonyl (C=O) groups is 1. The first-order valence-corrected chi connectivity index (χ1v) is 9.13. The number of rotatable bonds is 3. The summed E-state index contributed by atoms with van der Waals surface area (Å²) in [4.78, 5) is 16.7. The van der Waals surface area contributed by atoms with E-state index in [1.807, 2.05) is 0 Å². The molecule has 28 heavy (non-hydrogen) atoms. The predicted molar refractivity (Wildman–Crippen MR) is 103 cm³/mol. The van der Waals surface area contributed by atoms with E-state index in [2.05, 4.69) is 15.1 Å². The molecule has 7 heteroatoms. The highest BCUT2D eigenvalue weighted by atomic mass is 19.1. The molecule has 5 nitrogen and oxygen atoms in total. The first kappa shape index (κ1) is 18.2. The van der Waals surface area contributed by atoms with Crippen LogP contribution in [-0.2, 0) is 0 Å². The third kappa shape index (κ3) is 3.60. The lowest BCUT2D eigenvalue weighted by Gasteiger charge is -2.35. The fraction of sp³-hybridized carbons (Fsp3) is 0.238. The van der Waals surface area contributed by atoms with Gasteiger partial charge in [0.1, 0.15) is 17.3 Å². The Hall–Kier alpha value is -3.22. The van der Waals surface area contributed by atoms with Crippen molar-refractivity contribution in [3.63, 3.8) is 0 Å². The van der Waals surface area contributed by atoms with Crippen LogP contribution < -0.4 is 4.90 Å². The van der Waals surface area contributed by atoms with E-state index in [0.29, 0.717) is 43.1 Å². The van der Waals surface area contributed by atoms with E-state index in [1.54, 1.807) is 42.2 Å². The van der Waals surface area contributed by atoms with Crippen molar-refractivity contribution < 1.29 is 13.6 Å². The molecular formula is C21H20F2N4O. The number of halogens is 2. The molecule has 2 heterocycles. The maximum atomic E-state index is 13.5. The van der Waals surface area contributed by atoms with Crippen molar-refractivity contribution in [1.82, 2.24) is 15.1 Å². The Kier molecular flexibility index (Phi) is 4.81. The minimum Gasteiger partial charge on any atom is -0.368 e. The van der Waals surface area contributed by atoms with Gasteiger partial charge in [-0.3, -0.25) is 9.89 Å². The highest BCUT2D eigenvalue weighted by Crippen LogP contribution is 2.22. The largest absolute Gasteiger partial charge is 0.368 e. The first-order chi connectivity index (χ1) is 13.5. The van der Waals surface area contributed by atoms with Gasteiger partial charge in [0.25, 0.3) is 5.91 Å². The highest BCUT2D eigenvalue weighted by molar-refractivity contribution is 5.93. The predicted octanol–water partition coefficient (Wildman–Crippen LogP) is 3.63. The van der Waals surface area contributed by atoms with Gasteiger partial charge in [-0.15, -0.1) is 0 Å². The monoisotopic (exact) mass is 382 g/mol. The molecule has 1 fully saturated rings. The van der Waals surface area contributed by atoms with Crippen LogP contribution in [0.2, 0.25) is 0 Å². The van der Waals surface area contributed by atoms with Crippen LogP contribution in [0, 0.1) is 18.6 Å². The van der Waals surface area contributed by atoms with Crippen LogP contribution in [-0.4, -0.2) is 47.2 Å². The van der Waals surface area contributed by atoms with Gasteiger partial charge in [-0.05, 0) is 61.0 Å². The normalized spacial score (nSPS) is 14.4. The van der Waals surface area contributed by atoms with Crippen molar-refractivity contribution in [1.29, 1.82) is 0 Å². The number of carbonyl (C=O) groups excluding carboxylic acids is 1. The number of benzene rings is 2. The van der Waals surface area contributed by atoms with Gasteiger partial charge in [-0.2, -0.15) is 5.10 Å². The Balaban J connectivity index is 1.42. The standard InChI is InChI=1S/C21H20F2N4O/c1-14-12-15(2-7-18(14)23)19-13-20(25-24-19)21(28)27-10-8-26(9-11-27)17-5-3-16(22)4-6-17/h2-7,12-13H,8-11H2,1H3,(H,24,25). The average Bonchev–Trinajstić information content (AvgIpc) is 3.20. The maximum absolute atomic E-state index is 13.5. The zero-order valence-electron chi connectivity index (χ0n) is 15.5. The van der Waals surface area contributed by atoms with Crippen molar-refractivity contribution in [2.45, 2.75) is 6.92 Å². The molecule has 0 bridgehead atoms. The lowest BCUT2D eigenvalue weighted by Crippen LogP contribution is -2.48. The van der Waals surface area contributed by atoms with Crippen molar-refractivity contribution in [3.05, 3.63) is 71.4 Å². The molecule has 0 unspecified atom stereocenters. The van der Waals surface area contributed by atoms with Crippen LogP contribution in [0.1, 0.15) is 16.1 Å². The molecule has 1 saturated heterocycles. The van der Waals surface area contributed by atoms with Gasteiger partial charge in [0.15, 0.2) is 0 Å². The first-order valence-electron chi connectivity index (χ1n) is 9.13. The second-order valence-electron chi connectivity index (χ2n) is 6.89. The van der Waals surface area contributed by atoms with Crippen molar-refractivity contribution in [3.8, 4) is 11.3 Å². The summed E-state index contributed by atoms with van der Waals surface area (Å²) in [6, 6.07) is 12.8. The molecule has 0 spiro atoms. The smallest absolute Gasteiger partial charge is 0.272 e. The number of nitrogens with one attached hydrogen (secondary N) is 1. The summed E-state index contributed by atoms with van der Waals surface area (Å²) in [6.45, 7) is 4.18. The molecule has 1 amide bonds. The Morgan fingerprint density at radius 2 is 1.71 bits per heavy atom. The molecule has 3 aromatic rings. The lowest BCUT2D eigenvalue weighted by atomic mass is 10.1. The number of aryl methyl sites for hydroxylation is 1. The SMILES string of the molecule is Cc1cc(-c2cc(C(=O)N3CCN(c4ccc(F)cc4)CC3)[nH]n2)ccc1F. The van der Waals surface area contributed by atoms with Gasteiger partial charge in [0.2, 0.25) is 0 Å². The summed E-state index contributed by atoms with van der Waals surface area (Å²) >= 11 is 0. The number of aromatic amines is 1. The molecular weight excluding hydrogens is 362 g/mol.